The number of hydrogen-bond donors (Lipinski definition) is 2. The van der Waals surface area contributed by atoms with Gasteiger partial charge in [-0.3, -0.25) is 4.79 Å². The topological polar surface area (TPSA) is 54.0 Å². The number of nitrogens with one attached hydrogen (secondary N) is 2. The Morgan fingerprint density at radius 2 is 2.05 bits per heavy atom. The summed E-state index contributed by atoms with van der Waals surface area (Å²) in [6.45, 7) is 2.03. The number of nitrogens with zero attached hydrogens (tertiary/aromatic N) is 1. The van der Waals surface area contributed by atoms with Crippen molar-refractivity contribution >= 4 is 46.4 Å². The molecule has 0 aliphatic rings. The zero-order chi connectivity index (χ0) is 16.1. The average Bonchev–Trinajstić information content (AvgIpc) is 2.47. The molecule has 0 fully saturated rings. The summed E-state index contributed by atoms with van der Waals surface area (Å²) in [4.78, 5) is 15.8. The van der Waals surface area contributed by atoms with Gasteiger partial charge in [0.15, 0.2) is 5.15 Å². The van der Waals surface area contributed by atoms with Crippen LogP contribution in [0.2, 0.25) is 15.2 Å². The highest BCUT2D eigenvalue weighted by Crippen LogP contribution is 2.26. The number of halogens is 3. The fraction of sp³-hybridized carbons (Fsp3) is 0.200. The molecule has 4 nitrogen and oxygen atoms in total. The second-order valence-electron chi connectivity index (χ2n) is 4.66. The minimum absolute atomic E-state index is 0.0973. The van der Waals surface area contributed by atoms with E-state index in [1.54, 1.807) is 30.5 Å². The van der Waals surface area contributed by atoms with Crippen molar-refractivity contribution in [3.63, 3.8) is 0 Å². The van der Waals surface area contributed by atoms with Crippen molar-refractivity contribution in [1.82, 2.24) is 10.3 Å². The molecule has 0 radical (unpaired) electrons. The highest BCUT2D eigenvalue weighted by atomic mass is 35.5. The molecule has 0 spiro atoms. The van der Waals surface area contributed by atoms with Gasteiger partial charge in [-0.05, 0) is 36.8 Å². The standard InChI is InChI=1S/C15H14Cl3N3O/c1-9(11-5-4-10(16)7-12(11)17)20-8-14(22)21-13-3-2-6-19-15(13)18/h2-7,9,20H,8H2,1H3,(H,21,22)/t9-/m1/s1. The normalized spacial score (nSPS) is 12.0. The van der Waals surface area contributed by atoms with Gasteiger partial charge in [0.05, 0.1) is 12.2 Å². The second-order valence-corrected chi connectivity index (χ2v) is 5.86. The number of carbonyl (C=O) groups excluding carboxylic acids is 1. The van der Waals surface area contributed by atoms with E-state index >= 15 is 0 Å². The SMILES string of the molecule is C[C@@H](NCC(=O)Nc1cccnc1Cl)c1ccc(Cl)cc1Cl. The first-order chi connectivity index (χ1) is 10.5. The van der Waals surface area contributed by atoms with Crippen molar-refractivity contribution in [3.8, 4) is 0 Å². The number of hydrogen-bond acceptors (Lipinski definition) is 3. The molecule has 116 valence electrons. The summed E-state index contributed by atoms with van der Waals surface area (Å²) < 4.78 is 0. The Kier molecular flexibility index (Phi) is 6.03. The van der Waals surface area contributed by atoms with Crippen molar-refractivity contribution < 1.29 is 4.79 Å². The van der Waals surface area contributed by atoms with Crippen LogP contribution in [0.4, 0.5) is 5.69 Å². The molecule has 1 aromatic heterocycles. The lowest BCUT2D eigenvalue weighted by Crippen LogP contribution is -2.30. The van der Waals surface area contributed by atoms with E-state index in [1.165, 1.54) is 0 Å². The Morgan fingerprint density at radius 3 is 2.73 bits per heavy atom. The quantitative estimate of drug-likeness (QED) is 0.782. The van der Waals surface area contributed by atoms with Gasteiger partial charge in [0.25, 0.3) is 0 Å². The molecule has 1 amide bonds. The average molecular weight is 359 g/mol. The third kappa shape index (κ3) is 4.58. The molecule has 1 atom stereocenters. The second kappa shape index (κ2) is 7.79. The van der Waals surface area contributed by atoms with Gasteiger partial charge in [-0.25, -0.2) is 4.98 Å². The van der Waals surface area contributed by atoms with Gasteiger partial charge >= 0.3 is 0 Å². The number of anilines is 1. The Hall–Kier alpha value is -1.33. The fourth-order valence-corrected chi connectivity index (χ4v) is 2.62. The van der Waals surface area contributed by atoms with Crippen molar-refractivity contribution in [3.05, 3.63) is 57.3 Å². The van der Waals surface area contributed by atoms with Gasteiger partial charge in [0, 0.05) is 22.3 Å². The predicted molar refractivity (Wildman–Crippen MR) is 90.8 cm³/mol. The maximum atomic E-state index is 11.9. The molecular formula is C15H14Cl3N3O. The zero-order valence-corrected chi connectivity index (χ0v) is 14.0. The van der Waals surface area contributed by atoms with Crippen LogP contribution in [0, 0.1) is 0 Å². The van der Waals surface area contributed by atoms with E-state index in [0.29, 0.717) is 15.7 Å². The van der Waals surface area contributed by atoms with Crippen molar-refractivity contribution in [2.75, 3.05) is 11.9 Å². The molecule has 2 rings (SSSR count). The van der Waals surface area contributed by atoms with E-state index in [0.717, 1.165) is 5.56 Å². The molecule has 0 unspecified atom stereocenters. The maximum Gasteiger partial charge on any atom is 0.238 e. The lowest BCUT2D eigenvalue weighted by Gasteiger charge is -2.16. The number of carbonyl (C=O) groups is 1. The Bertz CT molecular complexity index is 679. The van der Waals surface area contributed by atoms with E-state index in [-0.39, 0.29) is 23.6 Å². The summed E-state index contributed by atoms with van der Waals surface area (Å²) in [5, 5.41) is 7.17. The summed E-state index contributed by atoms with van der Waals surface area (Å²) in [6, 6.07) is 8.55. The number of aromatic nitrogens is 1. The third-order valence-corrected chi connectivity index (χ3v) is 3.89. The van der Waals surface area contributed by atoms with Gasteiger partial charge in [-0.2, -0.15) is 0 Å². The van der Waals surface area contributed by atoms with Crippen molar-refractivity contribution in [1.29, 1.82) is 0 Å². The molecule has 0 saturated carbocycles. The zero-order valence-electron chi connectivity index (χ0n) is 11.7. The number of pyridine rings is 1. The van der Waals surface area contributed by atoms with E-state index < -0.39 is 0 Å². The van der Waals surface area contributed by atoms with Gasteiger partial charge in [-0.1, -0.05) is 40.9 Å². The molecule has 0 aliphatic carbocycles. The molecule has 0 aliphatic heterocycles. The summed E-state index contributed by atoms with van der Waals surface area (Å²) in [5.74, 6) is -0.216. The smallest absolute Gasteiger partial charge is 0.238 e. The molecule has 0 bridgehead atoms. The number of rotatable bonds is 5. The van der Waals surface area contributed by atoms with E-state index in [2.05, 4.69) is 15.6 Å². The summed E-state index contributed by atoms with van der Waals surface area (Å²) in [6.07, 6.45) is 1.56. The predicted octanol–water partition coefficient (Wildman–Crippen LogP) is 4.33. The van der Waals surface area contributed by atoms with Crippen LogP contribution in [-0.4, -0.2) is 17.4 Å². The first-order valence-electron chi connectivity index (χ1n) is 6.56. The number of amides is 1. The van der Waals surface area contributed by atoms with Crippen molar-refractivity contribution in [2.24, 2.45) is 0 Å². The monoisotopic (exact) mass is 357 g/mol. The molecule has 1 heterocycles. The minimum atomic E-state index is -0.216. The van der Waals surface area contributed by atoms with Gasteiger partial charge in [-0.15, -0.1) is 0 Å². The third-order valence-electron chi connectivity index (χ3n) is 3.03. The lowest BCUT2D eigenvalue weighted by atomic mass is 10.1. The van der Waals surface area contributed by atoms with E-state index in [4.69, 9.17) is 34.8 Å². The molecule has 7 heteroatoms. The van der Waals surface area contributed by atoms with Gasteiger partial charge in [0.2, 0.25) is 5.91 Å². The first-order valence-corrected chi connectivity index (χ1v) is 7.69. The van der Waals surface area contributed by atoms with Crippen molar-refractivity contribution in [2.45, 2.75) is 13.0 Å². The maximum absolute atomic E-state index is 11.9. The van der Waals surface area contributed by atoms with Crippen LogP contribution in [0.5, 0.6) is 0 Å². The molecule has 22 heavy (non-hydrogen) atoms. The molecule has 2 N–H and O–H groups in total. The molecule has 0 saturated heterocycles. The summed E-state index contributed by atoms with van der Waals surface area (Å²) in [7, 11) is 0. The van der Waals surface area contributed by atoms with Crippen LogP contribution >= 0.6 is 34.8 Å². The first kappa shape index (κ1) is 17.0. The Morgan fingerprint density at radius 1 is 1.27 bits per heavy atom. The largest absolute Gasteiger partial charge is 0.322 e. The fourth-order valence-electron chi connectivity index (χ4n) is 1.88. The highest BCUT2D eigenvalue weighted by molar-refractivity contribution is 6.35. The Balaban J connectivity index is 1.92. The van der Waals surface area contributed by atoms with Crippen LogP contribution in [0.25, 0.3) is 0 Å². The molecule has 1 aromatic carbocycles. The van der Waals surface area contributed by atoms with Crippen LogP contribution < -0.4 is 10.6 Å². The minimum Gasteiger partial charge on any atom is -0.322 e. The Labute approximate surface area is 143 Å². The lowest BCUT2D eigenvalue weighted by molar-refractivity contribution is -0.115. The summed E-state index contributed by atoms with van der Waals surface area (Å²) in [5.41, 5.74) is 1.35. The highest BCUT2D eigenvalue weighted by Gasteiger charge is 2.12. The summed E-state index contributed by atoms with van der Waals surface area (Å²) >= 11 is 17.9. The van der Waals surface area contributed by atoms with Crippen LogP contribution in [0.3, 0.4) is 0 Å². The van der Waals surface area contributed by atoms with E-state index in [1.807, 2.05) is 13.0 Å². The molecule has 2 aromatic rings. The number of benzene rings is 1. The van der Waals surface area contributed by atoms with Crippen LogP contribution in [0.15, 0.2) is 36.5 Å². The van der Waals surface area contributed by atoms with Gasteiger partial charge in [0.1, 0.15) is 0 Å². The van der Waals surface area contributed by atoms with Crippen LogP contribution in [0.1, 0.15) is 18.5 Å². The van der Waals surface area contributed by atoms with Crippen LogP contribution in [-0.2, 0) is 4.79 Å². The van der Waals surface area contributed by atoms with E-state index in [9.17, 15) is 4.79 Å². The van der Waals surface area contributed by atoms with Gasteiger partial charge < -0.3 is 10.6 Å². The molecular weight excluding hydrogens is 345 g/mol.